The number of fused-ring (bicyclic) bond motifs is 1. The standard InChI is InChI=1S/C72H88FN13O31.3H2S/c1-33-5-12-40(73)36(29-33)31-58(95)76-37-9-6-34(7-10-37)39-3-2-4-50-61(39)62(75)85-86(50)59(96)32-41(74)63(99)84-49(72(116)117)20-27-57(94)83-48(71(114)115)19-26-56(93)82-47(70(112)113)18-25-55(92)81-46(69(110)111)17-24-54(91)80-45(68(108)109)16-23-53(90)79-44(67(106)107)15-22-52(89)78-43(66(104)105)14-21-51(88)77-42(65(102)103)13-11-38(87)30-35(64(100)101)8-28-60(97)98;;;/h2-7,9-10,12,29,35,41-49H,8,11,13-28,30-32,74H2,1H3,(H2,75,85)(H,76,95)(H,77,88)(H,78,89)(H,79,90)(H,80,91)(H,81,92)(H,82,93)(H,83,94)(H,84,99)(H,97,98)(H,100,101)(H,102,103)(H,104,105)(H,106,107)(H,108,109)(H,110,111)(H,112,113)(H,114,115)(H,116,117);3*1H2/t35-,41+,42+,43+,44+,45+,46+,47+,48+,49+;;;/m1.../s1. The fraction of sp³-hybridized carbons (Fsp3) is 0.444. The summed E-state index contributed by atoms with van der Waals surface area (Å²) in [5, 5.41) is 120. The maximum absolute atomic E-state index is 14.3. The van der Waals surface area contributed by atoms with Crippen LogP contribution in [0.5, 0.6) is 0 Å². The van der Waals surface area contributed by atoms with Crippen molar-refractivity contribution in [3.05, 3.63) is 77.6 Å². The fourth-order valence-corrected chi connectivity index (χ4v) is 11.4. The summed E-state index contributed by atoms with van der Waals surface area (Å²) in [6.45, 7) is 1.76. The Kier molecular flexibility index (Phi) is 45.0. The number of aryl methyl sites for hydroxylation is 1. The SMILES string of the molecule is Cc1ccc(F)c(CC(=O)Nc2ccc(-c3cccc4c3c(N)nn4C(=O)C[C@H](N)C(=O)N[C@@H](CCC(=O)N[C@@H](CCC(=O)N[C@@H](CCC(=O)N[C@@H](CCC(=O)N[C@@H](CCC(=O)N[C@@H](CCC(=O)N[C@@H](CCC(=O)N[C@@H](CCC(=O)C[C@@H](CCC(=O)O)C(=O)O)C(=O)O)C(=O)O)C(=O)O)C(=O)O)C(=O)O)C(=O)O)C(=O)O)C(=O)O)cc2)c1.S.S.S. The molecule has 0 saturated carbocycles. The van der Waals surface area contributed by atoms with Gasteiger partial charge in [0.25, 0.3) is 0 Å². The van der Waals surface area contributed by atoms with Crippen LogP contribution in [-0.4, -0.2) is 240 Å². The number of carboxylic acids is 10. The number of Topliss-reactive ketones (excluding diaryl/α,β-unsaturated/α-hetero) is 1. The van der Waals surface area contributed by atoms with Crippen LogP contribution in [0.25, 0.3) is 22.0 Å². The van der Waals surface area contributed by atoms with Gasteiger partial charge in [-0.25, -0.2) is 42.7 Å². The van der Waals surface area contributed by atoms with Crippen LogP contribution in [0.1, 0.15) is 144 Å². The molecule has 0 saturated heterocycles. The summed E-state index contributed by atoms with van der Waals surface area (Å²) in [6.07, 6.45) is -14.1. The van der Waals surface area contributed by atoms with E-state index in [-0.39, 0.29) is 63.8 Å². The van der Waals surface area contributed by atoms with E-state index in [0.29, 0.717) is 22.2 Å². The van der Waals surface area contributed by atoms with Gasteiger partial charge in [-0.2, -0.15) is 45.2 Å². The van der Waals surface area contributed by atoms with Crippen LogP contribution in [0.4, 0.5) is 15.9 Å². The molecule has 0 aliphatic rings. The highest BCUT2D eigenvalue weighted by Gasteiger charge is 2.34. The molecule has 1 heterocycles. The van der Waals surface area contributed by atoms with Crippen molar-refractivity contribution < 1.29 is 156 Å². The predicted molar refractivity (Wildman–Crippen MR) is 425 cm³/mol. The van der Waals surface area contributed by atoms with Crippen molar-refractivity contribution >= 4 is 187 Å². The molecule has 23 N–H and O–H groups in total. The number of aromatic nitrogens is 2. The van der Waals surface area contributed by atoms with Gasteiger partial charge in [0.2, 0.25) is 59.1 Å². The summed E-state index contributed by atoms with van der Waals surface area (Å²) in [5.74, 6) is -29.5. The van der Waals surface area contributed by atoms with Crippen LogP contribution in [0.3, 0.4) is 0 Å². The first-order chi connectivity index (χ1) is 54.9. The quantitative estimate of drug-likeness (QED) is 0.0250. The summed E-state index contributed by atoms with van der Waals surface area (Å²) in [6, 6.07) is -0.795. The van der Waals surface area contributed by atoms with Gasteiger partial charge in [0.1, 0.15) is 59.9 Å². The highest BCUT2D eigenvalue weighted by molar-refractivity contribution is 7.59. The van der Waals surface area contributed by atoms with Gasteiger partial charge in [-0.05, 0) is 106 Å². The lowest BCUT2D eigenvalue weighted by Crippen LogP contribution is -2.50. The highest BCUT2D eigenvalue weighted by Crippen LogP contribution is 2.34. The minimum Gasteiger partial charge on any atom is -0.481 e. The van der Waals surface area contributed by atoms with Crippen molar-refractivity contribution in [3.63, 3.8) is 0 Å². The summed E-state index contributed by atoms with van der Waals surface area (Å²) < 4.78 is 15.2. The van der Waals surface area contributed by atoms with Gasteiger partial charge in [0, 0.05) is 69.9 Å². The summed E-state index contributed by atoms with van der Waals surface area (Å²) in [4.78, 5) is 260. The Labute approximate surface area is 700 Å². The number of nitrogens with two attached hydrogens (primary N) is 2. The number of nitrogens with one attached hydrogen (secondary N) is 9. The lowest BCUT2D eigenvalue weighted by Gasteiger charge is -2.19. The summed E-state index contributed by atoms with van der Waals surface area (Å²) >= 11 is 0. The van der Waals surface area contributed by atoms with E-state index >= 15 is 0 Å². The van der Waals surface area contributed by atoms with Crippen molar-refractivity contribution in [2.75, 3.05) is 11.1 Å². The number of anilines is 2. The molecule has 0 radical (unpaired) electrons. The monoisotopic (exact) mass is 1750 g/mol. The van der Waals surface area contributed by atoms with Gasteiger partial charge in [-0.1, -0.05) is 42.0 Å². The first-order valence-corrected chi connectivity index (χ1v) is 35.8. The average molecular weight is 1750 g/mol. The van der Waals surface area contributed by atoms with E-state index < -0.39 is 319 Å². The van der Waals surface area contributed by atoms with Crippen LogP contribution in [0, 0.1) is 18.7 Å². The van der Waals surface area contributed by atoms with Gasteiger partial charge in [-0.15, -0.1) is 5.10 Å². The van der Waals surface area contributed by atoms with Gasteiger partial charge < -0.3 is 110 Å². The predicted octanol–water partition coefficient (Wildman–Crippen LogP) is -1.07. The molecule has 0 spiro atoms. The number of carboxylic acid groups (broad SMARTS) is 10. The second-order valence-corrected chi connectivity index (χ2v) is 26.7. The molecule has 1 aromatic heterocycles. The number of nitrogen functional groups attached to an aromatic ring is 1. The first kappa shape index (κ1) is 105. The van der Waals surface area contributed by atoms with Crippen molar-refractivity contribution in [3.8, 4) is 11.1 Å². The molecule has 44 nitrogen and oxygen atoms in total. The second-order valence-electron chi connectivity index (χ2n) is 26.7. The van der Waals surface area contributed by atoms with Crippen LogP contribution in [0.2, 0.25) is 0 Å². The number of rotatable bonds is 53. The van der Waals surface area contributed by atoms with E-state index in [1.165, 1.54) is 12.1 Å². The van der Waals surface area contributed by atoms with Crippen LogP contribution in [-0.2, 0) is 102 Å². The maximum Gasteiger partial charge on any atom is 0.326 e. The Morgan fingerprint density at radius 1 is 0.408 bits per heavy atom. The molecule has 10 atom stereocenters. The molecular formula is C72H94FN13O31S3. The van der Waals surface area contributed by atoms with Crippen molar-refractivity contribution in [1.82, 2.24) is 52.3 Å². The molecule has 4 aromatic rings. The third-order valence-corrected chi connectivity index (χ3v) is 17.6. The summed E-state index contributed by atoms with van der Waals surface area (Å²) in [5.41, 5.74) is 15.0. The summed E-state index contributed by atoms with van der Waals surface area (Å²) in [7, 11) is 0. The van der Waals surface area contributed by atoms with E-state index in [9.17, 15) is 151 Å². The van der Waals surface area contributed by atoms with Gasteiger partial charge in [-0.3, -0.25) is 62.3 Å². The highest BCUT2D eigenvalue weighted by atomic mass is 32.1. The topological polar surface area (TPSA) is 739 Å². The van der Waals surface area contributed by atoms with Gasteiger partial charge in [0.05, 0.1) is 35.7 Å². The van der Waals surface area contributed by atoms with Gasteiger partial charge in [0.15, 0.2) is 5.82 Å². The molecule has 3 aromatic carbocycles. The van der Waals surface area contributed by atoms with E-state index in [2.05, 4.69) is 26.4 Å². The largest absolute Gasteiger partial charge is 0.481 e. The molecule has 9 amide bonds. The zero-order valence-corrected chi connectivity index (χ0v) is 66.9. The Morgan fingerprint density at radius 3 is 1.08 bits per heavy atom. The third-order valence-electron chi connectivity index (χ3n) is 17.6. The molecule has 0 bridgehead atoms. The second kappa shape index (κ2) is 51.4. The molecule has 0 fully saturated rings. The number of amides is 9. The molecule has 4 rings (SSSR count). The molecule has 48 heteroatoms. The number of carbonyl (C=O) groups is 21. The minimum atomic E-state index is -1.89. The number of benzene rings is 3. The fourth-order valence-electron chi connectivity index (χ4n) is 11.4. The number of carbonyl (C=O) groups excluding carboxylic acids is 11. The number of hydrogen-bond acceptors (Lipinski definition) is 24. The molecular weight excluding hydrogens is 1660 g/mol. The Morgan fingerprint density at radius 2 is 0.750 bits per heavy atom. The van der Waals surface area contributed by atoms with Crippen molar-refractivity contribution in [2.24, 2.45) is 11.7 Å². The Balaban J connectivity index is 0.0000240. The Hall–Kier alpha value is -12.9. The lowest BCUT2D eigenvalue weighted by molar-refractivity contribution is -0.146. The zero-order valence-electron chi connectivity index (χ0n) is 63.9. The number of halogens is 1. The van der Waals surface area contributed by atoms with E-state index in [4.69, 9.17) is 16.6 Å². The maximum atomic E-state index is 14.3. The molecule has 0 unspecified atom stereocenters. The van der Waals surface area contributed by atoms with Crippen LogP contribution in [0.15, 0.2) is 60.7 Å². The van der Waals surface area contributed by atoms with Crippen LogP contribution >= 0.6 is 40.5 Å². The average Bonchev–Trinajstić information content (AvgIpc) is 1.61. The third kappa shape index (κ3) is 36.3. The van der Waals surface area contributed by atoms with Crippen LogP contribution < -0.4 is 59.3 Å². The number of hydrogen-bond donors (Lipinski definition) is 21. The zero-order chi connectivity index (χ0) is 87.7. The van der Waals surface area contributed by atoms with Gasteiger partial charge >= 0.3 is 59.7 Å². The molecule has 0 aliphatic heterocycles. The van der Waals surface area contributed by atoms with E-state index in [1.54, 1.807) is 55.5 Å². The smallest absolute Gasteiger partial charge is 0.326 e. The molecule has 120 heavy (non-hydrogen) atoms. The van der Waals surface area contributed by atoms with Crippen molar-refractivity contribution in [1.29, 1.82) is 0 Å². The van der Waals surface area contributed by atoms with E-state index in [0.717, 1.165) is 10.2 Å². The van der Waals surface area contributed by atoms with Crippen molar-refractivity contribution in [2.45, 2.75) is 196 Å². The minimum absolute atomic E-state index is 0. The Bertz CT molecular complexity index is 4460. The first-order valence-electron chi connectivity index (χ1n) is 35.8. The lowest BCUT2D eigenvalue weighted by atomic mass is 9.94. The normalized spacial score (nSPS) is 13.2. The molecule has 658 valence electrons. The number of ketones is 1. The van der Waals surface area contributed by atoms with E-state index in [1.807, 2.05) is 26.6 Å². The number of nitrogens with zero attached hydrogens (tertiary/aromatic N) is 2. The molecule has 0 aliphatic carbocycles. The number of aliphatic carboxylic acids is 10.